The van der Waals surface area contributed by atoms with Crippen LogP contribution in [0.5, 0.6) is 5.75 Å². The second-order valence-electron chi connectivity index (χ2n) is 5.52. The van der Waals surface area contributed by atoms with E-state index in [1.807, 2.05) is 30.6 Å². The summed E-state index contributed by atoms with van der Waals surface area (Å²) >= 11 is 0. The monoisotopic (exact) mass is 316 g/mol. The van der Waals surface area contributed by atoms with Gasteiger partial charge in [-0.1, -0.05) is 12.1 Å². The fourth-order valence-corrected chi connectivity index (χ4v) is 3.02. The lowest BCUT2D eigenvalue weighted by atomic mass is 9.89. The van der Waals surface area contributed by atoms with Crippen molar-refractivity contribution in [1.82, 2.24) is 19.9 Å². The molecule has 4 rings (SSSR count). The van der Waals surface area contributed by atoms with Crippen molar-refractivity contribution in [2.75, 3.05) is 7.11 Å². The molecule has 1 atom stereocenters. The van der Waals surface area contributed by atoms with Gasteiger partial charge in [0.1, 0.15) is 5.75 Å². The first-order chi connectivity index (χ1) is 11.9. The first-order valence-electron chi connectivity index (χ1n) is 7.67. The van der Waals surface area contributed by atoms with Crippen molar-refractivity contribution in [1.29, 1.82) is 0 Å². The molecule has 0 radical (unpaired) electrons. The van der Waals surface area contributed by atoms with E-state index in [1.54, 1.807) is 25.8 Å². The number of nitrogens with one attached hydrogen (secondary N) is 1. The van der Waals surface area contributed by atoms with E-state index in [4.69, 9.17) is 4.74 Å². The highest BCUT2D eigenvalue weighted by atomic mass is 16.5. The van der Waals surface area contributed by atoms with E-state index in [0.29, 0.717) is 0 Å². The lowest BCUT2D eigenvalue weighted by molar-refractivity contribution is 0.419. The standard InChI is InChI=1S/C19H16N4O/c1-24-18-6-8-22-16-5-4-13(9-15(16)18)19(17-11-21-12-23-17)14-3-2-7-20-10-14/h2-12,19H,1H3,(H,21,23). The summed E-state index contributed by atoms with van der Waals surface area (Å²) in [6, 6.07) is 12.1. The Kier molecular flexibility index (Phi) is 3.67. The Morgan fingerprint density at radius 1 is 1.00 bits per heavy atom. The van der Waals surface area contributed by atoms with E-state index in [1.165, 1.54) is 0 Å². The van der Waals surface area contributed by atoms with Crippen LogP contribution in [0.15, 0.2) is 67.5 Å². The molecule has 1 unspecified atom stereocenters. The zero-order chi connectivity index (χ0) is 16.4. The molecule has 5 heteroatoms. The third-order valence-corrected chi connectivity index (χ3v) is 4.13. The molecule has 0 saturated heterocycles. The molecule has 3 aromatic heterocycles. The van der Waals surface area contributed by atoms with Crippen LogP contribution in [0.1, 0.15) is 22.7 Å². The zero-order valence-electron chi connectivity index (χ0n) is 13.2. The van der Waals surface area contributed by atoms with E-state index in [-0.39, 0.29) is 5.92 Å². The Bertz CT molecular complexity index is 952. The number of hydrogen-bond acceptors (Lipinski definition) is 4. The summed E-state index contributed by atoms with van der Waals surface area (Å²) in [5, 5.41) is 0.992. The van der Waals surface area contributed by atoms with Gasteiger partial charge in [0, 0.05) is 35.9 Å². The molecule has 1 N–H and O–H groups in total. The van der Waals surface area contributed by atoms with E-state index < -0.39 is 0 Å². The third kappa shape index (κ3) is 2.50. The minimum absolute atomic E-state index is 0.0236. The highest BCUT2D eigenvalue weighted by Gasteiger charge is 2.19. The van der Waals surface area contributed by atoms with Crippen LogP contribution in [0.3, 0.4) is 0 Å². The van der Waals surface area contributed by atoms with Gasteiger partial charge >= 0.3 is 0 Å². The maximum absolute atomic E-state index is 5.49. The molecule has 3 heterocycles. The van der Waals surface area contributed by atoms with Crippen molar-refractivity contribution >= 4 is 10.9 Å². The summed E-state index contributed by atoms with van der Waals surface area (Å²) in [5.41, 5.74) is 4.16. The molecule has 118 valence electrons. The van der Waals surface area contributed by atoms with Crippen molar-refractivity contribution in [2.45, 2.75) is 5.92 Å². The maximum Gasteiger partial charge on any atom is 0.129 e. The molecule has 0 aliphatic carbocycles. The summed E-state index contributed by atoms with van der Waals surface area (Å²) in [6.45, 7) is 0. The summed E-state index contributed by atoms with van der Waals surface area (Å²) < 4.78 is 5.49. The van der Waals surface area contributed by atoms with Crippen molar-refractivity contribution in [3.63, 3.8) is 0 Å². The molecule has 0 bridgehead atoms. The number of nitrogens with zero attached hydrogens (tertiary/aromatic N) is 3. The first-order valence-corrected chi connectivity index (χ1v) is 7.67. The minimum atomic E-state index is 0.0236. The number of benzene rings is 1. The molecule has 5 nitrogen and oxygen atoms in total. The Labute approximate surface area is 139 Å². The highest BCUT2D eigenvalue weighted by molar-refractivity contribution is 5.85. The smallest absolute Gasteiger partial charge is 0.129 e. The van der Waals surface area contributed by atoms with Gasteiger partial charge in [-0.25, -0.2) is 4.98 Å². The molecule has 4 aromatic rings. The van der Waals surface area contributed by atoms with Crippen LogP contribution in [0.2, 0.25) is 0 Å². The molecule has 0 fully saturated rings. The van der Waals surface area contributed by atoms with Gasteiger partial charge in [-0.2, -0.15) is 0 Å². The van der Waals surface area contributed by atoms with Gasteiger partial charge in [0.25, 0.3) is 0 Å². The number of hydrogen-bond donors (Lipinski definition) is 1. The Morgan fingerprint density at radius 2 is 1.96 bits per heavy atom. The Balaban J connectivity index is 1.91. The lowest BCUT2D eigenvalue weighted by Crippen LogP contribution is -2.04. The van der Waals surface area contributed by atoms with Gasteiger partial charge in [0.2, 0.25) is 0 Å². The number of H-pyrrole nitrogens is 1. The molecule has 1 aromatic carbocycles. The Morgan fingerprint density at radius 3 is 2.71 bits per heavy atom. The lowest BCUT2D eigenvalue weighted by Gasteiger charge is -2.17. The number of rotatable bonds is 4. The van der Waals surface area contributed by atoms with Crippen molar-refractivity contribution in [3.8, 4) is 5.75 Å². The molecular formula is C19H16N4O. The normalized spacial score (nSPS) is 12.2. The number of ether oxygens (including phenoxy) is 1. The average molecular weight is 316 g/mol. The quantitative estimate of drug-likeness (QED) is 0.625. The fourth-order valence-electron chi connectivity index (χ4n) is 3.02. The largest absolute Gasteiger partial charge is 0.496 e. The van der Waals surface area contributed by atoms with E-state index in [2.05, 4.69) is 38.1 Å². The average Bonchev–Trinajstić information content (AvgIpc) is 3.16. The Hall–Kier alpha value is -3.21. The summed E-state index contributed by atoms with van der Waals surface area (Å²) in [7, 11) is 1.68. The zero-order valence-corrected chi connectivity index (χ0v) is 13.2. The van der Waals surface area contributed by atoms with Gasteiger partial charge in [-0.15, -0.1) is 0 Å². The summed E-state index contributed by atoms with van der Waals surface area (Å²) in [6.07, 6.45) is 8.97. The predicted octanol–water partition coefficient (Wildman–Crippen LogP) is 3.54. The molecule has 24 heavy (non-hydrogen) atoms. The van der Waals surface area contributed by atoms with E-state index >= 15 is 0 Å². The van der Waals surface area contributed by atoms with Crippen molar-refractivity contribution in [3.05, 3.63) is 84.3 Å². The first kappa shape index (κ1) is 14.4. The maximum atomic E-state index is 5.49. The third-order valence-electron chi connectivity index (χ3n) is 4.13. The van der Waals surface area contributed by atoms with Crippen LogP contribution in [0, 0.1) is 0 Å². The van der Waals surface area contributed by atoms with Crippen molar-refractivity contribution in [2.24, 2.45) is 0 Å². The van der Waals surface area contributed by atoms with Gasteiger partial charge in [0.05, 0.1) is 24.9 Å². The number of aromatic nitrogens is 4. The topological polar surface area (TPSA) is 63.7 Å². The summed E-state index contributed by atoms with van der Waals surface area (Å²) in [4.78, 5) is 16.1. The van der Waals surface area contributed by atoms with Crippen LogP contribution >= 0.6 is 0 Å². The number of pyridine rings is 2. The number of fused-ring (bicyclic) bond motifs is 1. The van der Waals surface area contributed by atoms with Crippen LogP contribution in [-0.4, -0.2) is 27.0 Å². The molecule has 0 amide bonds. The minimum Gasteiger partial charge on any atom is -0.496 e. The van der Waals surface area contributed by atoms with Crippen molar-refractivity contribution < 1.29 is 4.74 Å². The summed E-state index contributed by atoms with van der Waals surface area (Å²) in [5.74, 6) is 0.840. The predicted molar refractivity (Wildman–Crippen MR) is 92.1 cm³/mol. The molecule has 0 aliphatic heterocycles. The second kappa shape index (κ2) is 6.12. The molecule has 0 aliphatic rings. The van der Waals surface area contributed by atoms with Gasteiger partial charge < -0.3 is 9.72 Å². The molecule has 0 saturated carbocycles. The highest BCUT2D eigenvalue weighted by Crippen LogP contribution is 2.33. The second-order valence-corrected chi connectivity index (χ2v) is 5.52. The van der Waals surface area contributed by atoms with Gasteiger partial charge in [0.15, 0.2) is 0 Å². The molecule has 0 spiro atoms. The van der Waals surface area contributed by atoms with Crippen LogP contribution in [-0.2, 0) is 0 Å². The SMILES string of the molecule is COc1ccnc2ccc(C(c3cccnc3)c3cnc[nH]3)cc12. The van der Waals surface area contributed by atoms with E-state index in [0.717, 1.165) is 33.5 Å². The number of methoxy groups -OCH3 is 1. The number of aromatic amines is 1. The van der Waals surface area contributed by atoms with Crippen LogP contribution in [0.25, 0.3) is 10.9 Å². The molecular weight excluding hydrogens is 300 g/mol. The fraction of sp³-hybridized carbons (Fsp3) is 0.105. The van der Waals surface area contributed by atoms with E-state index in [9.17, 15) is 0 Å². The van der Waals surface area contributed by atoms with Crippen LogP contribution < -0.4 is 4.74 Å². The van der Waals surface area contributed by atoms with Gasteiger partial charge in [-0.05, 0) is 35.4 Å². The van der Waals surface area contributed by atoms with Crippen LogP contribution in [0.4, 0.5) is 0 Å². The van der Waals surface area contributed by atoms with Gasteiger partial charge in [-0.3, -0.25) is 9.97 Å². The number of imidazole rings is 1.